The van der Waals surface area contributed by atoms with Crippen LogP contribution in [0.2, 0.25) is 0 Å². The van der Waals surface area contributed by atoms with Crippen LogP contribution >= 0.6 is 0 Å². The maximum atomic E-state index is 11.0. The molecule has 1 aromatic heterocycles. The molecule has 0 amide bonds. The molecule has 0 spiro atoms. The number of fused-ring (bicyclic) bond motifs is 1. The van der Waals surface area contributed by atoms with E-state index in [2.05, 4.69) is 4.98 Å². The largest absolute Gasteiger partial charge is 0.327 e. The van der Waals surface area contributed by atoms with Crippen LogP contribution in [0.4, 0.5) is 5.69 Å². The van der Waals surface area contributed by atoms with Crippen molar-refractivity contribution in [3.8, 4) is 11.4 Å². The van der Waals surface area contributed by atoms with Gasteiger partial charge in [0.15, 0.2) is 0 Å². The maximum absolute atomic E-state index is 11.0. The summed E-state index contributed by atoms with van der Waals surface area (Å²) in [7, 11) is 1.92. The van der Waals surface area contributed by atoms with Gasteiger partial charge in [0.2, 0.25) is 0 Å². The molecule has 3 aromatic rings. The van der Waals surface area contributed by atoms with Gasteiger partial charge in [-0.05, 0) is 30.7 Å². The van der Waals surface area contributed by atoms with Crippen molar-refractivity contribution in [3.05, 3.63) is 58.1 Å². The molecule has 2 aromatic carbocycles. The maximum Gasteiger partial charge on any atom is 0.270 e. The number of imidazole rings is 1. The zero-order valence-corrected chi connectivity index (χ0v) is 11.2. The molecule has 100 valence electrons. The lowest BCUT2D eigenvalue weighted by molar-refractivity contribution is -0.384. The molecule has 5 heteroatoms. The average molecular weight is 267 g/mol. The molecular formula is C15H13N3O2. The summed E-state index contributed by atoms with van der Waals surface area (Å²) in [6.07, 6.45) is 0. The van der Waals surface area contributed by atoms with Gasteiger partial charge in [-0.1, -0.05) is 12.1 Å². The van der Waals surface area contributed by atoms with Crippen LogP contribution in [0, 0.1) is 17.0 Å². The van der Waals surface area contributed by atoms with Crippen LogP contribution in [0.1, 0.15) is 5.56 Å². The summed E-state index contributed by atoms with van der Waals surface area (Å²) in [5.41, 5.74) is 3.59. The normalized spacial score (nSPS) is 10.9. The van der Waals surface area contributed by atoms with Crippen LogP contribution in [0.15, 0.2) is 42.5 Å². The number of aromatic nitrogens is 2. The first-order chi connectivity index (χ1) is 9.56. The van der Waals surface area contributed by atoms with E-state index in [0.29, 0.717) is 0 Å². The topological polar surface area (TPSA) is 61.0 Å². The standard InChI is InChI=1S/C15H13N3O2/c1-10-7-11(9-12(8-10)18(19)20)15-16-13-5-3-4-6-14(13)17(15)2/h3-9H,1-2H3. The molecule has 0 N–H and O–H groups in total. The Morgan fingerprint density at radius 3 is 2.65 bits per heavy atom. The molecule has 5 nitrogen and oxygen atoms in total. The second-order valence-electron chi connectivity index (χ2n) is 4.80. The molecule has 0 aliphatic carbocycles. The number of aryl methyl sites for hydroxylation is 2. The Morgan fingerprint density at radius 2 is 1.95 bits per heavy atom. The number of nitrogens with zero attached hydrogens (tertiary/aromatic N) is 3. The number of para-hydroxylation sites is 2. The molecule has 0 saturated carbocycles. The Bertz CT molecular complexity index is 821. The highest BCUT2D eigenvalue weighted by Gasteiger charge is 2.14. The molecule has 1 heterocycles. The molecule has 0 aliphatic rings. The van der Waals surface area contributed by atoms with E-state index in [-0.39, 0.29) is 10.6 Å². The van der Waals surface area contributed by atoms with Gasteiger partial charge in [0.05, 0.1) is 16.0 Å². The molecule has 0 unspecified atom stereocenters. The Labute approximate surface area is 115 Å². The van der Waals surface area contributed by atoms with Crippen LogP contribution < -0.4 is 0 Å². The van der Waals surface area contributed by atoms with Gasteiger partial charge in [0.1, 0.15) is 5.82 Å². The van der Waals surface area contributed by atoms with Crippen molar-refractivity contribution in [1.29, 1.82) is 0 Å². The van der Waals surface area contributed by atoms with E-state index in [1.54, 1.807) is 12.1 Å². The first kappa shape index (κ1) is 12.3. The minimum absolute atomic E-state index is 0.0899. The molecule has 3 rings (SSSR count). The second kappa shape index (κ2) is 4.45. The number of hydrogen-bond acceptors (Lipinski definition) is 3. The van der Waals surface area contributed by atoms with Crippen molar-refractivity contribution < 1.29 is 4.92 Å². The van der Waals surface area contributed by atoms with Gasteiger partial charge in [0, 0.05) is 24.7 Å². The van der Waals surface area contributed by atoms with E-state index in [1.165, 1.54) is 0 Å². The Kier molecular flexibility index (Phi) is 2.75. The summed E-state index contributed by atoms with van der Waals surface area (Å²) in [5.74, 6) is 0.734. The minimum Gasteiger partial charge on any atom is -0.327 e. The third kappa shape index (κ3) is 1.93. The lowest BCUT2D eigenvalue weighted by atomic mass is 10.1. The predicted molar refractivity (Wildman–Crippen MR) is 77.5 cm³/mol. The third-order valence-corrected chi connectivity index (χ3v) is 3.32. The summed E-state index contributed by atoms with van der Waals surface area (Å²) < 4.78 is 1.95. The fraction of sp³-hybridized carbons (Fsp3) is 0.133. The quantitative estimate of drug-likeness (QED) is 0.527. The monoisotopic (exact) mass is 267 g/mol. The summed E-state index contributed by atoms with van der Waals surface area (Å²) in [6, 6.07) is 12.8. The van der Waals surface area contributed by atoms with E-state index in [1.807, 2.05) is 48.9 Å². The van der Waals surface area contributed by atoms with Crippen molar-refractivity contribution in [1.82, 2.24) is 9.55 Å². The molecule has 0 saturated heterocycles. The summed E-state index contributed by atoms with van der Waals surface area (Å²) in [6.45, 7) is 1.85. The van der Waals surface area contributed by atoms with E-state index in [4.69, 9.17) is 0 Å². The number of rotatable bonds is 2. The average Bonchev–Trinajstić information content (AvgIpc) is 2.76. The van der Waals surface area contributed by atoms with Crippen LogP contribution in [0.25, 0.3) is 22.4 Å². The molecule has 0 bridgehead atoms. The molecule has 20 heavy (non-hydrogen) atoms. The van der Waals surface area contributed by atoms with Crippen LogP contribution in [0.3, 0.4) is 0 Å². The number of non-ortho nitro benzene ring substituents is 1. The first-order valence-electron chi connectivity index (χ1n) is 6.24. The van der Waals surface area contributed by atoms with Crippen LogP contribution in [-0.4, -0.2) is 14.5 Å². The summed E-state index contributed by atoms with van der Waals surface area (Å²) in [4.78, 5) is 15.2. The van der Waals surface area contributed by atoms with Gasteiger partial charge in [-0.15, -0.1) is 0 Å². The Hall–Kier alpha value is -2.69. The van der Waals surface area contributed by atoms with E-state index in [0.717, 1.165) is 28.0 Å². The van der Waals surface area contributed by atoms with Gasteiger partial charge in [-0.25, -0.2) is 4.98 Å². The minimum atomic E-state index is -0.376. The summed E-state index contributed by atoms with van der Waals surface area (Å²) in [5, 5.41) is 11.0. The number of nitro benzene ring substituents is 1. The predicted octanol–water partition coefficient (Wildman–Crippen LogP) is 3.46. The number of benzene rings is 2. The highest BCUT2D eigenvalue weighted by atomic mass is 16.6. The van der Waals surface area contributed by atoms with Gasteiger partial charge in [-0.3, -0.25) is 10.1 Å². The lowest BCUT2D eigenvalue weighted by Crippen LogP contribution is -1.95. The molecule has 0 atom stereocenters. The number of hydrogen-bond donors (Lipinski definition) is 0. The molecule has 0 fully saturated rings. The lowest BCUT2D eigenvalue weighted by Gasteiger charge is -2.04. The van der Waals surface area contributed by atoms with Crippen molar-refractivity contribution in [3.63, 3.8) is 0 Å². The zero-order chi connectivity index (χ0) is 14.3. The third-order valence-electron chi connectivity index (χ3n) is 3.32. The highest BCUT2D eigenvalue weighted by Crippen LogP contribution is 2.27. The smallest absolute Gasteiger partial charge is 0.270 e. The number of nitro groups is 1. The van der Waals surface area contributed by atoms with Crippen LogP contribution in [-0.2, 0) is 7.05 Å². The van der Waals surface area contributed by atoms with Crippen LogP contribution in [0.5, 0.6) is 0 Å². The van der Waals surface area contributed by atoms with Crippen molar-refractivity contribution in [2.45, 2.75) is 6.92 Å². The highest BCUT2D eigenvalue weighted by molar-refractivity contribution is 5.80. The second-order valence-corrected chi connectivity index (χ2v) is 4.80. The fourth-order valence-corrected chi connectivity index (χ4v) is 2.40. The van der Waals surface area contributed by atoms with Gasteiger partial charge in [-0.2, -0.15) is 0 Å². The van der Waals surface area contributed by atoms with Crippen molar-refractivity contribution >= 4 is 16.7 Å². The van der Waals surface area contributed by atoms with E-state index >= 15 is 0 Å². The molecular weight excluding hydrogens is 254 g/mol. The van der Waals surface area contributed by atoms with Gasteiger partial charge in [0.25, 0.3) is 5.69 Å². The van der Waals surface area contributed by atoms with Crippen molar-refractivity contribution in [2.75, 3.05) is 0 Å². The zero-order valence-electron chi connectivity index (χ0n) is 11.2. The SMILES string of the molecule is Cc1cc(-c2nc3ccccc3n2C)cc([N+](=O)[O-])c1. The summed E-state index contributed by atoms with van der Waals surface area (Å²) >= 11 is 0. The van der Waals surface area contributed by atoms with Gasteiger partial charge < -0.3 is 4.57 Å². The first-order valence-corrected chi connectivity index (χ1v) is 6.24. The Balaban J connectivity index is 2.25. The Morgan fingerprint density at radius 1 is 1.20 bits per heavy atom. The van der Waals surface area contributed by atoms with Gasteiger partial charge >= 0.3 is 0 Å². The van der Waals surface area contributed by atoms with E-state index in [9.17, 15) is 10.1 Å². The molecule has 0 aliphatic heterocycles. The van der Waals surface area contributed by atoms with Crippen molar-refractivity contribution in [2.24, 2.45) is 7.05 Å². The van der Waals surface area contributed by atoms with E-state index < -0.39 is 0 Å². The molecule has 0 radical (unpaired) electrons. The fourth-order valence-electron chi connectivity index (χ4n) is 2.40.